The summed E-state index contributed by atoms with van der Waals surface area (Å²) < 4.78 is 54.4. The smallest absolute Gasteiger partial charge is 0.252 e. The molecule has 0 bridgehead atoms. The van der Waals surface area contributed by atoms with Crippen LogP contribution in [-0.4, -0.2) is 45.0 Å². The Morgan fingerprint density at radius 2 is 1.83 bits per heavy atom. The lowest BCUT2D eigenvalue weighted by Gasteiger charge is -2.08. The summed E-state index contributed by atoms with van der Waals surface area (Å²) in [5, 5.41) is 4.10. The van der Waals surface area contributed by atoms with Gasteiger partial charge in [0.15, 0.2) is 0 Å². The Labute approximate surface area is 146 Å². The molecule has 0 saturated heterocycles. The standard InChI is InChI=1S/C13H20N4O4S3/c1-9-13(10(2)17(5)15-9)23(18,19)14-8-11-6-7-12(22-11)24(20,21)16(3)4/h6-7,14H,8H2,1-5H3. The van der Waals surface area contributed by atoms with Crippen LogP contribution in [0.25, 0.3) is 0 Å². The van der Waals surface area contributed by atoms with Crippen molar-refractivity contribution >= 4 is 31.4 Å². The molecule has 1 N–H and O–H groups in total. The number of rotatable bonds is 6. The van der Waals surface area contributed by atoms with Gasteiger partial charge in [-0.05, 0) is 26.0 Å². The molecule has 0 spiro atoms. The second-order valence-electron chi connectivity index (χ2n) is 5.46. The fourth-order valence-electron chi connectivity index (χ4n) is 2.15. The zero-order chi connectivity index (χ0) is 18.3. The molecule has 11 heteroatoms. The summed E-state index contributed by atoms with van der Waals surface area (Å²) in [6.07, 6.45) is 0. The van der Waals surface area contributed by atoms with E-state index in [2.05, 4.69) is 9.82 Å². The van der Waals surface area contributed by atoms with Gasteiger partial charge >= 0.3 is 0 Å². The second kappa shape index (κ2) is 6.56. The lowest BCUT2D eigenvalue weighted by molar-refractivity contribution is 0.523. The fourth-order valence-corrected chi connectivity index (χ4v) is 6.15. The molecule has 0 unspecified atom stereocenters. The van der Waals surface area contributed by atoms with Gasteiger partial charge in [0.25, 0.3) is 10.0 Å². The maximum atomic E-state index is 12.5. The van der Waals surface area contributed by atoms with Gasteiger partial charge in [0.1, 0.15) is 9.10 Å². The third kappa shape index (κ3) is 3.54. The summed E-state index contributed by atoms with van der Waals surface area (Å²) in [6.45, 7) is 3.33. The van der Waals surface area contributed by atoms with Crippen molar-refractivity contribution in [3.63, 3.8) is 0 Å². The highest BCUT2D eigenvalue weighted by atomic mass is 32.2. The quantitative estimate of drug-likeness (QED) is 0.784. The molecule has 2 heterocycles. The average Bonchev–Trinajstić information content (AvgIpc) is 3.03. The molecule has 0 aliphatic heterocycles. The van der Waals surface area contributed by atoms with Crippen LogP contribution in [0.1, 0.15) is 16.3 Å². The minimum absolute atomic E-state index is 0.0176. The molecule has 0 atom stereocenters. The van der Waals surface area contributed by atoms with Crippen molar-refractivity contribution in [2.75, 3.05) is 14.1 Å². The van der Waals surface area contributed by atoms with Crippen LogP contribution in [-0.2, 0) is 33.6 Å². The van der Waals surface area contributed by atoms with E-state index in [0.717, 1.165) is 15.6 Å². The first kappa shape index (κ1) is 19.1. The van der Waals surface area contributed by atoms with Gasteiger partial charge in [0.05, 0.1) is 11.4 Å². The number of nitrogens with zero attached hydrogens (tertiary/aromatic N) is 3. The third-order valence-corrected chi connectivity index (χ3v) is 8.54. The summed E-state index contributed by atoms with van der Waals surface area (Å²) in [5.74, 6) is 0. The van der Waals surface area contributed by atoms with E-state index in [0.29, 0.717) is 16.3 Å². The van der Waals surface area contributed by atoms with Gasteiger partial charge in [-0.15, -0.1) is 11.3 Å². The first-order valence-corrected chi connectivity index (χ1v) is 10.7. The zero-order valence-electron chi connectivity index (χ0n) is 14.1. The Kier molecular flexibility index (Phi) is 5.21. The van der Waals surface area contributed by atoms with Gasteiger partial charge in [0, 0.05) is 32.6 Å². The SMILES string of the molecule is Cc1nn(C)c(C)c1S(=O)(=O)NCc1ccc(S(=O)(=O)N(C)C)s1. The van der Waals surface area contributed by atoms with Crippen molar-refractivity contribution in [1.29, 1.82) is 0 Å². The van der Waals surface area contributed by atoms with Crippen molar-refractivity contribution in [3.8, 4) is 0 Å². The van der Waals surface area contributed by atoms with Gasteiger partial charge in [-0.25, -0.2) is 25.9 Å². The van der Waals surface area contributed by atoms with E-state index in [9.17, 15) is 16.8 Å². The van der Waals surface area contributed by atoms with Crippen LogP contribution in [0.3, 0.4) is 0 Å². The van der Waals surface area contributed by atoms with Crippen LogP contribution >= 0.6 is 11.3 Å². The van der Waals surface area contributed by atoms with Crippen molar-refractivity contribution in [1.82, 2.24) is 18.8 Å². The minimum atomic E-state index is -3.73. The minimum Gasteiger partial charge on any atom is -0.271 e. The monoisotopic (exact) mass is 392 g/mol. The lowest BCUT2D eigenvalue weighted by atomic mass is 10.4. The number of nitrogens with one attached hydrogen (secondary N) is 1. The van der Waals surface area contributed by atoms with Crippen LogP contribution in [0.15, 0.2) is 21.2 Å². The van der Waals surface area contributed by atoms with E-state index >= 15 is 0 Å². The van der Waals surface area contributed by atoms with E-state index in [1.54, 1.807) is 27.0 Å². The van der Waals surface area contributed by atoms with E-state index in [1.807, 2.05) is 0 Å². The molecule has 2 aromatic heterocycles. The van der Waals surface area contributed by atoms with Crippen LogP contribution in [0, 0.1) is 13.8 Å². The molecule has 2 aromatic rings. The van der Waals surface area contributed by atoms with Gasteiger partial charge in [0.2, 0.25) is 10.0 Å². The molecule has 0 amide bonds. The van der Waals surface area contributed by atoms with Gasteiger partial charge in [-0.1, -0.05) is 0 Å². The van der Waals surface area contributed by atoms with Gasteiger partial charge in [-0.3, -0.25) is 4.68 Å². The van der Waals surface area contributed by atoms with Crippen molar-refractivity contribution in [2.45, 2.75) is 29.5 Å². The molecule has 0 saturated carbocycles. The fraction of sp³-hybridized carbons (Fsp3) is 0.462. The van der Waals surface area contributed by atoms with Gasteiger partial charge < -0.3 is 0 Å². The number of sulfonamides is 2. The number of aromatic nitrogens is 2. The number of hydrogen-bond acceptors (Lipinski definition) is 6. The maximum Gasteiger partial charge on any atom is 0.252 e. The van der Waals surface area contributed by atoms with E-state index < -0.39 is 20.0 Å². The molecular formula is C13H20N4O4S3. The van der Waals surface area contributed by atoms with Crippen LogP contribution in [0.2, 0.25) is 0 Å². The normalized spacial score (nSPS) is 12.9. The molecule has 134 valence electrons. The molecule has 0 aliphatic carbocycles. The molecule has 0 aromatic carbocycles. The summed E-state index contributed by atoms with van der Waals surface area (Å²) >= 11 is 1.04. The summed E-state index contributed by atoms with van der Waals surface area (Å²) in [5.41, 5.74) is 0.964. The Balaban J connectivity index is 2.21. The molecule has 8 nitrogen and oxygen atoms in total. The molecule has 24 heavy (non-hydrogen) atoms. The maximum absolute atomic E-state index is 12.5. The average molecular weight is 393 g/mol. The summed E-state index contributed by atoms with van der Waals surface area (Å²) in [7, 11) is -2.66. The number of aryl methyl sites for hydroxylation is 2. The highest BCUT2D eigenvalue weighted by molar-refractivity contribution is 7.91. The highest BCUT2D eigenvalue weighted by Crippen LogP contribution is 2.24. The molecule has 0 radical (unpaired) electrons. The Bertz CT molecular complexity index is 956. The molecule has 0 aliphatic rings. The summed E-state index contributed by atoms with van der Waals surface area (Å²) in [6, 6.07) is 3.08. The number of hydrogen-bond donors (Lipinski definition) is 1. The third-order valence-electron chi connectivity index (χ3n) is 3.52. The van der Waals surface area contributed by atoms with Crippen LogP contribution in [0.5, 0.6) is 0 Å². The molecular weight excluding hydrogens is 372 g/mol. The lowest BCUT2D eigenvalue weighted by Crippen LogP contribution is -2.24. The van der Waals surface area contributed by atoms with E-state index in [4.69, 9.17) is 0 Å². The van der Waals surface area contributed by atoms with Crippen molar-refractivity contribution < 1.29 is 16.8 Å². The molecule has 0 fully saturated rings. The van der Waals surface area contributed by atoms with Gasteiger partial charge in [-0.2, -0.15) is 5.10 Å². The predicted octanol–water partition coefficient (Wildman–Crippen LogP) is 0.827. The Morgan fingerprint density at radius 1 is 1.21 bits per heavy atom. The molecule has 2 rings (SSSR count). The van der Waals surface area contributed by atoms with Crippen LogP contribution < -0.4 is 4.72 Å². The van der Waals surface area contributed by atoms with E-state index in [-0.39, 0.29) is 15.6 Å². The Hall–Kier alpha value is -1.27. The second-order valence-corrected chi connectivity index (χ2v) is 10.7. The number of thiophene rings is 1. The summed E-state index contributed by atoms with van der Waals surface area (Å²) in [4.78, 5) is 0.765. The van der Waals surface area contributed by atoms with Crippen molar-refractivity contribution in [3.05, 3.63) is 28.4 Å². The van der Waals surface area contributed by atoms with Crippen molar-refractivity contribution in [2.24, 2.45) is 7.05 Å². The van der Waals surface area contributed by atoms with E-state index in [1.165, 1.54) is 24.8 Å². The largest absolute Gasteiger partial charge is 0.271 e. The Morgan fingerprint density at radius 3 is 2.33 bits per heavy atom. The first-order valence-electron chi connectivity index (χ1n) is 6.98. The highest BCUT2D eigenvalue weighted by Gasteiger charge is 2.24. The topological polar surface area (TPSA) is 101 Å². The zero-order valence-corrected chi connectivity index (χ0v) is 16.5. The van der Waals surface area contributed by atoms with Crippen LogP contribution in [0.4, 0.5) is 0 Å². The predicted molar refractivity (Wildman–Crippen MR) is 91.9 cm³/mol. The first-order chi connectivity index (χ1) is 11.0.